The summed E-state index contributed by atoms with van der Waals surface area (Å²) >= 11 is 6.02. The standard InChI is InChI=1S/C15H21ClN2O2.ClH/c1-11(20-13-7-3-2-6-12(13)16)10-18-14(19)15(17)8-4-5-9-15;/h2-3,6-7,11H,4-5,8-10,17H2,1H3,(H,18,19);1H. The molecule has 4 nitrogen and oxygen atoms in total. The van der Waals surface area contributed by atoms with E-state index in [0.717, 1.165) is 25.7 Å². The van der Waals surface area contributed by atoms with Crippen molar-refractivity contribution in [3.05, 3.63) is 29.3 Å². The molecular formula is C15H22Cl2N2O2. The topological polar surface area (TPSA) is 64.4 Å². The van der Waals surface area contributed by atoms with Gasteiger partial charge < -0.3 is 15.8 Å². The van der Waals surface area contributed by atoms with E-state index in [0.29, 0.717) is 17.3 Å². The average molecular weight is 333 g/mol. The molecule has 1 aromatic carbocycles. The summed E-state index contributed by atoms with van der Waals surface area (Å²) in [7, 11) is 0. The van der Waals surface area contributed by atoms with Gasteiger partial charge in [-0.05, 0) is 31.9 Å². The van der Waals surface area contributed by atoms with Crippen molar-refractivity contribution in [3.8, 4) is 5.75 Å². The molecule has 1 saturated carbocycles. The lowest BCUT2D eigenvalue weighted by atomic mass is 9.98. The van der Waals surface area contributed by atoms with E-state index in [9.17, 15) is 4.79 Å². The number of hydrogen-bond donors (Lipinski definition) is 2. The number of halogens is 2. The zero-order valence-corrected chi connectivity index (χ0v) is 13.7. The summed E-state index contributed by atoms with van der Waals surface area (Å²) in [6, 6.07) is 7.29. The Kier molecular flexibility index (Phi) is 6.78. The van der Waals surface area contributed by atoms with Gasteiger partial charge in [-0.2, -0.15) is 0 Å². The van der Waals surface area contributed by atoms with Crippen LogP contribution in [0.25, 0.3) is 0 Å². The first-order chi connectivity index (χ1) is 9.51. The van der Waals surface area contributed by atoms with Crippen LogP contribution in [0.2, 0.25) is 5.02 Å². The first-order valence-corrected chi connectivity index (χ1v) is 7.37. The van der Waals surface area contributed by atoms with E-state index in [4.69, 9.17) is 22.1 Å². The Morgan fingerprint density at radius 3 is 2.67 bits per heavy atom. The summed E-state index contributed by atoms with van der Waals surface area (Å²) in [5.41, 5.74) is 5.40. The Morgan fingerprint density at radius 1 is 1.43 bits per heavy atom. The van der Waals surface area contributed by atoms with Gasteiger partial charge in [0.2, 0.25) is 5.91 Å². The molecule has 1 amide bonds. The van der Waals surface area contributed by atoms with Crippen LogP contribution >= 0.6 is 24.0 Å². The molecule has 1 atom stereocenters. The van der Waals surface area contributed by atoms with Crippen molar-refractivity contribution in [2.24, 2.45) is 5.73 Å². The molecule has 0 saturated heterocycles. The highest BCUT2D eigenvalue weighted by Crippen LogP contribution is 2.27. The third-order valence-electron chi connectivity index (χ3n) is 3.66. The van der Waals surface area contributed by atoms with Gasteiger partial charge in [-0.1, -0.05) is 36.6 Å². The van der Waals surface area contributed by atoms with Gasteiger partial charge in [0.05, 0.1) is 17.1 Å². The molecular weight excluding hydrogens is 311 g/mol. The Labute approximate surface area is 136 Å². The second-order valence-electron chi connectivity index (χ2n) is 5.43. The molecule has 0 bridgehead atoms. The molecule has 0 heterocycles. The van der Waals surface area contributed by atoms with Crippen LogP contribution in [0, 0.1) is 0 Å². The number of nitrogens with one attached hydrogen (secondary N) is 1. The predicted molar refractivity (Wildman–Crippen MR) is 87.2 cm³/mol. The van der Waals surface area contributed by atoms with E-state index < -0.39 is 5.54 Å². The second-order valence-corrected chi connectivity index (χ2v) is 5.84. The van der Waals surface area contributed by atoms with Gasteiger partial charge in [0.15, 0.2) is 0 Å². The summed E-state index contributed by atoms with van der Waals surface area (Å²) < 4.78 is 5.70. The van der Waals surface area contributed by atoms with Crippen molar-refractivity contribution in [2.45, 2.75) is 44.2 Å². The van der Waals surface area contributed by atoms with Gasteiger partial charge in [-0.3, -0.25) is 4.79 Å². The van der Waals surface area contributed by atoms with Gasteiger partial charge >= 0.3 is 0 Å². The highest BCUT2D eigenvalue weighted by Gasteiger charge is 2.36. The Bertz CT molecular complexity index is 476. The number of nitrogens with two attached hydrogens (primary N) is 1. The molecule has 1 unspecified atom stereocenters. The quantitative estimate of drug-likeness (QED) is 0.871. The highest BCUT2D eigenvalue weighted by atomic mass is 35.5. The summed E-state index contributed by atoms with van der Waals surface area (Å²) in [6.07, 6.45) is 3.41. The summed E-state index contributed by atoms with van der Waals surface area (Å²) in [4.78, 5) is 12.1. The van der Waals surface area contributed by atoms with Crippen LogP contribution in [0.1, 0.15) is 32.6 Å². The fraction of sp³-hybridized carbons (Fsp3) is 0.533. The van der Waals surface area contributed by atoms with Crippen molar-refractivity contribution in [2.75, 3.05) is 6.54 Å². The van der Waals surface area contributed by atoms with Crippen LogP contribution in [0.15, 0.2) is 24.3 Å². The monoisotopic (exact) mass is 332 g/mol. The minimum atomic E-state index is -0.690. The molecule has 6 heteroatoms. The molecule has 1 aromatic rings. The fourth-order valence-corrected chi connectivity index (χ4v) is 2.62. The first kappa shape index (κ1) is 18.1. The van der Waals surface area contributed by atoms with E-state index in [1.807, 2.05) is 25.1 Å². The number of para-hydroxylation sites is 1. The largest absolute Gasteiger partial charge is 0.487 e. The van der Waals surface area contributed by atoms with Crippen LogP contribution in [0.3, 0.4) is 0 Å². The maximum Gasteiger partial charge on any atom is 0.240 e. The first-order valence-electron chi connectivity index (χ1n) is 7.00. The zero-order chi connectivity index (χ0) is 14.6. The highest BCUT2D eigenvalue weighted by molar-refractivity contribution is 6.32. The van der Waals surface area contributed by atoms with Crippen LogP contribution in [-0.4, -0.2) is 24.1 Å². The lowest BCUT2D eigenvalue weighted by Gasteiger charge is -2.24. The Morgan fingerprint density at radius 2 is 2.05 bits per heavy atom. The second kappa shape index (κ2) is 7.87. The molecule has 21 heavy (non-hydrogen) atoms. The third kappa shape index (κ3) is 4.77. The molecule has 3 N–H and O–H groups in total. The summed E-state index contributed by atoms with van der Waals surface area (Å²) in [6.45, 7) is 2.31. The van der Waals surface area contributed by atoms with Crippen LogP contribution < -0.4 is 15.8 Å². The zero-order valence-electron chi connectivity index (χ0n) is 12.1. The number of hydrogen-bond acceptors (Lipinski definition) is 3. The Hall–Kier alpha value is -0.970. The molecule has 0 aromatic heterocycles. The van der Waals surface area contributed by atoms with Gasteiger partial charge in [0.1, 0.15) is 11.9 Å². The van der Waals surface area contributed by atoms with E-state index in [-0.39, 0.29) is 24.4 Å². The average Bonchev–Trinajstić information content (AvgIpc) is 2.87. The minimum Gasteiger partial charge on any atom is -0.487 e. The van der Waals surface area contributed by atoms with E-state index in [1.54, 1.807) is 6.07 Å². The van der Waals surface area contributed by atoms with Crippen LogP contribution in [0.4, 0.5) is 0 Å². The number of rotatable bonds is 5. The maximum atomic E-state index is 12.1. The summed E-state index contributed by atoms with van der Waals surface area (Å²) in [5, 5.41) is 3.44. The van der Waals surface area contributed by atoms with Crippen LogP contribution in [-0.2, 0) is 4.79 Å². The van der Waals surface area contributed by atoms with Crippen molar-refractivity contribution in [1.82, 2.24) is 5.32 Å². The van der Waals surface area contributed by atoms with Crippen molar-refractivity contribution in [3.63, 3.8) is 0 Å². The van der Waals surface area contributed by atoms with E-state index in [1.165, 1.54) is 0 Å². The lowest BCUT2D eigenvalue weighted by molar-refractivity contribution is -0.126. The molecule has 1 aliphatic carbocycles. The smallest absolute Gasteiger partial charge is 0.240 e. The van der Waals surface area contributed by atoms with E-state index in [2.05, 4.69) is 5.32 Å². The lowest BCUT2D eigenvalue weighted by Crippen LogP contribution is -2.53. The van der Waals surface area contributed by atoms with Crippen molar-refractivity contribution in [1.29, 1.82) is 0 Å². The number of ether oxygens (including phenoxy) is 1. The van der Waals surface area contributed by atoms with Gasteiger partial charge in [-0.15, -0.1) is 12.4 Å². The molecule has 118 valence electrons. The Balaban J connectivity index is 0.00000220. The minimum absolute atomic E-state index is 0. The maximum absolute atomic E-state index is 12.1. The van der Waals surface area contributed by atoms with Gasteiger partial charge in [-0.25, -0.2) is 0 Å². The number of carbonyl (C=O) groups excluding carboxylic acids is 1. The normalized spacial score (nSPS) is 17.7. The predicted octanol–water partition coefficient (Wildman–Crippen LogP) is 2.92. The van der Waals surface area contributed by atoms with Gasteiger partial charge in [0, 0.05) is 0 Å². The summed E-state index contributed by atoms with van der Waals surface area (Å²) in [5.74, 6) is 0.545. The van der Waals surface area contributed by atoms with E-state index >= 15 is 0 Å². The SMILES string of the molecule is CC(CNC(=O)C1(N)CCCC1)Oc1ccccc1Cl.Cl. The van der Waals surface area contributed by atoms with Gasteiger partial charge in [0.25, 0.3) is 0 Å². The third-order valence-corrected chi connectivity index (χ3v) is 3.98. The number of amides is 1. The molecule has 0 radical (unpaired) electrons. The number of carbonyl (C=O) groups is 1. The molecule has 0 aliphatic heterocycles. The van der Waals surface area contributed by atoms with Crippen molar-refractivity contribution < 1.29 is 9.53 Å². The van der Waals surface area contributed by atoms with Crippen LogP contribution in [0.5, 0.6) is 5.75 Å². The number of benzene rings is 1. The molecule has 2 rings (SSSR count). The molecule has 0 spiro atoms. The van der Waals surface area contributed by atoms with Crippen molar-refractivity contribution >= 4 is 29.9 Å². The fourth-order valence-electron chi connectivity index (χ4n) is 2.44. The molecule has 1 aliphatic rings. The molecule has 1 fully saturated rings.